The number of fused-ring (bicyclic) bond motifs is 1. The molecule has 0 radical (unpaired) electrons. The summed E-state index contributed by atoms with van der Waals surface area (Å²) in [5.41, 5.74) is 1.68. The van der Waals surface area contributed by atoms with Gasteiger partial charge in [0, 0.05) is 24.1 Å². The molecule has 0 saturated heterocycles. The van der Waals surface area contributed by atoms with E-state index in [9.17, 15) is 14.9 Å². The van der Waals surface area contributed by atoms with Crippen molar-refractivity contribution in [1.29, 1.82) is 0 Å². The van der Waals surface area contributed by atoms with Crippen molar-refractivity contribution in [2.75, 3.05) is 20.3 Å². The normalized spacial score (nSPS) is 13.5. The maximum absolute atomic E-state index is 13.0. The van der Waals surface area contributed by atoms with Crippen LogP contribution in [0.15, 0.2) is 54.6 Å². The zero-order valence-electron chi connectivity index (χ0n) is 16.5. The molecule has 0 saturated carbocycles. The molecule has 8 heteroatoms. The van der Waals surface area contributed by atoms with Crippen LogP contribution in [-0.4, -0.2) is 36.0 Å². The molecule has 0 fully saturated rings. The van der Waals surface area contributed by atoms with Crippen molar-refractivity contribution >= 4 is 22.9 Å². The number of carbonyl (C=O) groups is 1. The fraction of sp³-hybridized carbons (Fsp3) is 0.227. The lowest BCUT2D eigenvalue weighted by Crippen LogP contribution is -2.29. The van der Waals surface area contributed by atoms with Gasteiger partial charge in [0.1, 0.15) is 13.2 Å². The van der Waals surface area contributed by atoms with Gasteiger partial charge in [-0.2, -0.15) is 0 Å². The first-order valence-electron chi connectivity index (χ1n) is 9.45. The SMILES string of the molecule is CC(c1cccc([N+](=O)[O-])c1)N(C)C(=O)c1ccc(-c2ccc3c(c2)OCCO3)s1. The summed E-state index contributed by atoms with van der Waals surface area (Å²) in [6.45, 7) is 2.91. The highest BCUT2D eigenvalue weighted by molar-refractivity contribution is 7.17. The molecule has 2 aromatic carbocycles. The zero-order chi connectivity index (χ0) is 21.3. The van der Waals surface area contributed by atoms with Crippen LogP contribution in [-0.2, 0) is 0 Å². The lowest BCUT2D eigenvalue weighted by molar-refractivity contribution is -0.384. The second kappa shape index (κ2) is 8.16. The van der Waals surface area contributed by atoms with Gasteiger partial charge >= 0.3 is 0 Å². The summed E-state index contributed by atoms with van der Waals surface area (Å²) < 4.78 is 11.2. The lowest BCUT2D eigenvalue weighted by atomic mass is 10.1. The first kappa shape index (κ1) is 19.9. The minimum Gasteiger partial charge on any atom is -0.486 e. The Morgan fingerprint density at radius 1 is 1.10 bits per heavy atom. The minimum atomic E-state index is -0.434. The number of benzene rings is 2. The van der Waals surface area contributed by atoms with Gasteiger partial charge in [-0.05, 0) is 48.4 Å². The number of nitro groups is 1. The molecule has 1 aliphatic rings. The number of amides is 1. The van der Waals surface area contributed by atoms with Gasteiger partial charge in [-0.15, -0.1) is 11.3 Å². The molecule has 0 spiro atoms. The van der Waals surface area contributed by atoms with Crippen LogP contribution in [0.25, 0.3) is 10.4 Å². The van der Waals surface area contributed by atoms with Crippen LogP contribution in [0.2, 0.25) is 0 Å². The summed E-state index contributed by atoms with van der Waals surface area (Å²) in [4.78, 5) is 26.8. The number of nitro benzene ring substituents is 1. The highest BCUT2D eigenvalue weighted by atomic mass is 32.1. The molecule has 0 bridgehead atoms. The Labute approximate surface area is 177 Å². The van der Waals surface area contributed by atoms with Crippen molar-refractivity contribution in [3.8, 4) is 21.9 Å². The van der Waals surface area contributed by atoms with Gasteiger partial charge in [-0.3, -0.25) is 14.9 Å². The number of non-ortho nitro benzene ring substituents is 1. The van der Waals surface area contributed by atoms with E-state index in [2.05, 4.69) is 0 Å². The number of carbonyl (C=O) groups excluding carboxylic acids is 1. The summed E-state index contributed by atoms with van der Waals surface area (Å²) in [5, 5.41) is 11.0. The van der Waals surface area contributed by atoms with Gasteiger partial charge < -0.3 is 14.4 Å². The Bertz CT molecular complexity index is 1110. The fourth-order valence-corrected chi connectivity index (χ4v) is 4.26. The second-order valence-corrected chi connectivity index (χ2v) is 8.05. The average Bonchev–Trinajstić information content (AvgIpc) is 3.27. The highest BCUT2D eigenvalue weighted by Gasteiger charge is 2.22. The van der Waals surface area contributed by atoms with Gasteiger partial charge in [0.15, 0.2) is 11.5 Å². The molecule has 3 aromatic rings. The van der Waals surface area contributed by atoms with Crippen LogP contribution in [0.3, 0.4) is 0 Å². The number of hydrogen-bond donors (Lipinski definition) is 0. The molecule has 4 rings (SSSR count). The summed E-state index contributed by atoms with van der Waals surface area (Å²) in [6, 6.07) is 15.5. The first-order valence-corrected chi connectivity index (χ1v) is 10.3. The van der Waals surface area contributed by atoms with Crippen LogP contribution in [0.5, 0.6) is 11.5 Å². The topological polar surface area (TPSA) is 81.9 Å². The Morgan fingerprint density at radius 3 is 2.63 bits per heavy atom. The van der Waals surface area contributed by atoms with Crippen molar-refractivity contribution in [3.05, 3.63) is 75.2 Å². The van der Waals surface area contributed by atoms with Gasteiger partial charge in [0.05, 0.1) is 15.8 Å². The predicted octanol–water partition coefficient (Wildman–Crippen LogP) is 4.93. The van der Waals surface area contributed by atoms with Crippen molar-refractivity contribution < 1.29 is 19.2 Å². The van der Waals surface area contributed by atoms with Gasteiger partial charge in [-0.25, -0.2) is 0 Å². The van der Waals surface area contributed by atoms with E-state index in [0.29, 0.717) is 29.4 Å². The summed E-state index contributed by atoms with van der Waals surface area (Å²) in [5.74, 6) is 1.29. The van der Waals surface area contributed by atoms with Crippen LogP contribution < -0.4 is 9.47 Å². The molecule has 1 aliphatic heterocycles. The first-order chi connectivity index (χ1) is 14.4. The standard InChI is InChI=1S/C22H20N2O5S/c1-14(15-4-3-5-17(12-15)24(26)27)23(2)22(25)21-9-8-20(30-21)16-6-7-18-19(13-16)29-11-10-28-18/h3-9,12-14H,10-11H2,1-2H3. The molecule has 1 aromatic heterocycles. The Balaban J connectivity index is 1.53. The van der Waals surface area contributed by atoms with E-state index in [1.54, 1.807) is 30.1 Å². The average molecular weight is 424 g/mol. The van der Waals surface area contributed by atoms with Crippen molar-refractivity contribution in [3.63, 3.8) is 0 Å². The van der Waals surface area contributed by atoms with E-state index >= 15 is 0 Å². The Kier molecular flexibility index (Phi) is 5.41. The van der Waals surface area contributed by atoms with Gasteiger partial charge in [0.2, 0.25) is 0 Å². The van der Waals surface area contributed by atoms with E-state index in [0.717, 1.165) is 16.2 Å². The predicted molar refractivity (Wildman–Crippen MR) is 114 cm³/mol. The van der Waals surface area contributed by atoms with Crippen molar-refractivity contribution in [1.82, 2.24) is 4.90 Å². The molecule has 2 heterocycles. The zero-order valence-corrected chi connectivity index (χ0v) is 17.3. The summed E-state index contributed by atoms with van der Waals surface area (Å²) in [7, 11) is 1.70. The van der Waals surface area contributed by atoms with E-state index < -0.39 is 4.92 Å². The van der Waals surface area contributed by atoms with Crippen LogP contribution in [0, 0.1) is 10.1 Å². The third-order valence-corrected chi connectivity index (χ3v) is 6.23. The van der Waals surface area contributed by atoms with E-state index in [-0.39, 0.29) is 17.6 Å². The molecule has 154 valence electrons. The molecule has 7 nitrogen and oxygen atoms in total. The number of ether oxygens (including phenoxy) is 2. The summed E-state index contributed by atoms with van der Waals surface area (Å²) >= 11 is 1.40. The third-order valence-electron chi connectivity index (χ3n) is 5.11. The minimum absolute atomic E-state index is 0.0113. The van der Waals surface area contributed by atoms with Crippen molar-refractivity contribution in [2.24, 2.45) is 0 Å². The van der Waals surface area contributed by atoms with Crippen LogP contribution in [0.1, 0.15) is 28.2 Å². The molecule has 0 N–H and O–H groups in total. The van der Waals surface area contributed by atoms with Gasteiger partial charge in [0.25, 0.3) is 11.6 Å². The quantitative estimate of drug-likeness (QED) is 0.429. The molecule has 1 amide bonds. The largest absolute Gasteiger partial charge is 0.486 e. The highest BCUT2D eigenvalue weighted by Crippen LogP contribution is 2.37. The maximum Gasteiger partial charge on any atom is 0.269 e. The smallest absolute Gasteiger partial charge is 0.269 e. The van der Waals surface area contributed by atoms with Gasteiger partial charge in [-0.1, -0.05) is 12.1 Å². The fourth-order valence-electron chi connectivity index (χ4n) is 3.28. The lowest BCUT2D eigenvalue weighted by Gasteiger charge is -2.24. The molecule has 1 unspecified atom stereocenters. The molecule has 30 heavy (non-hydrogen) atoms. The number of rotatable bonds is 5. The number of thiophene rings is 1. The summed E-state index contributed by atoms with van der Waals surface area (Å²) in [6.07, 6.45) is 0. The third kappa shape index (κ3) is 3.86. The monoisotopic (exact) mass is 424 g/mol. The molecule has 1 atom stereocenters. The molecule has 0 aliphatic carbocycles. The van der Waals surface area contributed by atoms with E-state index in [1.807, 2.05) is 31.2 Å². The number of nitrogens with zero attached hydrogens (tertiary/aromatic N) is 2. The van der Waals surface area contributed by atoms with Crippen LogP contribution in [0.4, 0.5) is 5.69 Å². The van der Waals surface area contributed by atoms with Crippen LogP contribution >= 0.6 is 11.3 Å². The van der Waals surface area contributed by atoms with E-state index in [1.165, 1.54) is 23.5 Å². The maximum atomic E-state index is 13.0. The van der Waals surface area contributed by atoms with Crippen molar-refractivity contribution in [2.45, 2.75) is 13.0 Å². The number of hydrogen-bond acceptors (Lipinski definition) is 6. The Hall–Kier alpha value is -3.39. The Morgan fingerprint density at radius 2 is 1.87 bits per heavy atom. The molecular weight excluding hydrogens is 404 g/mol. The van der Waals surface area contributed by atoms with E-state index in [4.69, 9.17) is 9.47 Å². The molecular formula is C22H20N2O5S. The second-order valence-electron chi connectivity index (χ2n) is 6.97.